The molecule has 42 heavy (non-hydrogen) atoms. The monoisotopic (exact) mass is 837 g/mol. The quantitative estimate of drug-likeness (QED) is 0.0950. The molecular weight excluding hydrogens is 817 g/mol. The fraction of sp³-hybridized carbons (Fsp3) is 0.143. The van der Waals surface area contributed by atoms with E-state index in [2.05, 4.69) is 19.1 Å². The van der Waals surface area contributed by atoms with Gasteiger partial charge in [-0.25, -0.2) is 4.98 Å². The number of aromatic nitrogens is 1. The summed E-state index contributed by atoms with van der Waals surface area (Å²) < 4.78 is 44.4. The second kappa shape index (κ2) is 13.3. The van der Waals surface area contributed by atoms with Gasteiger partial charge in [0.05, 0.1) is 16.9 Å². The normalized spacial score (nSPS) is 15.7. The third-order valence-electron chi connectivity index (χ3n) is 6.14. The molecule has 1 atom stereocenters. The summed E-state index contributed by atoms with van der Waals surface area (Å²) >= 11 is 10.2. The maximum Gasteiger partial charge on any atom is 0.433 e. The zero-order chi connectivity index (χ0) is 29.9. The number of rotatable bonds is 8. The van der Waals surface area contributed by atoms with Crippen LogP contribution in [0, 0.1) is 3.57 Å². The van der Waals surface area contributed by atoms with Gasteiger partial charge in [0.25, 0.3) is 5.91 Å². The van der Waals surface area contributed by atoms with Crippen LogP contribution in [-0.4, -0.2) is 28.0 Å². The van der Waals surface area contributed by atoms with Crippen molar-refractivity contribution in [2.75, 3.05) is 13.7 Å². The van der Waals surface area contributed by atoms with Crippen molar-refractivity contribution in [1.82, 2.24) is 10.3 Å². The lowest BCUT2D eigenvalue weighted by atomic mass is 10.1. The molecule has 14 heteroatoms. The van der Waals surface area contributed by atoms with Gasteiger partial charge < -0.3 is 14.2 Å². The Hall–Kier alpha value is -2.76. The number of nitrogens with one attached hydrogen (secondary N) is 3. The van der Waals surface area contributed by atoms with Gasteiger partial charge in [-0.1, -0.05) is 29.8 Å². The zero-order valence-corrected chi connectivity index (χ0v) is 27.3. The number of carbonyl (C=O) groups is 2. The van der Waals surface area contributed by atoms with Crippen LogP contribution in [0.25, 0.3) is 10.9 Å². The second-order valence-electron chi connectivity index (χ2n) is 9.06. The van der Waals surface area contributed by atoms with Crippen LogP contribution in [0.1, 0.15) is 18.5 Å². The minimum absolute atomic E-state index is 0.128. The van der Waals surface area contributed by atoms with Crippen LogP contribution in [0.15, 0.2) is 78.9 Å². The number of alkyl halides is 3. The number of nitrogens with zero attached hydrogens (tertiary/aromatic N) is 2. The molecule has 1 aliphatic heterocycles. The third-order valence-corrected chi connectivity index (χ3v) is 14.7. The van der Waals surface area contributed by atoms with Gasteiger partial charge in [0.15, 0.2) is 5.11 Å². The predicted molar refractivity (Wildman–Crippen MR) is 180 cm³/mol. The molecular formula is C28H21ClF3I2N5O2S. The van der Waals surface area contributed by atoms with Crippen LogP contribution in [-0.2, 0) is 15.8 Å². The summed E-state index contributed by atoms with van der Waals surface area (Å²) in [5.74, 6) is -0.421. The van der Waals surface area contributed by atoms with Crippen molar-refractivity contribution < 1.29 is 22.8 Å². The van der Waals surface area contributed by atoms with E-state index in [1.807, 2.05) is 30.3 Å². The molecule has 3 aromatic carbocycles. The summed E-state index contributed by atoms with van der Waals surface area (Å²) in [7, 11) is 0. The first-order valence-electron chi connectivity index (χ1n) is 12.4. The summed E-state index contributed by atoms with van der Waals surface area (Å²) in [5.41, 5.74) is 0.941. The predicted octanol–water partition coefficient (Wildman–Crippen LogP) is 7.97. The van der Waals surface area contributed by atoms with Crippen molar-refractivity contribution in [2.24, 2.45) is 0 Å². The Kier molecular flexibility index (Phi) is 9.69. The number of pyridine rings is 1. The van der Waals surface area contributed by atoms with Gasteiger partial charge in [0, 0.05) is 43.0 Å². The smallest absolute Gasteiger partial charge is 0.350 e. The minimum atomic E-state index is -4.56. The van der Waals surface area contributed by atoms with Gasteiger partial charge in [0.2, 0.25) is 5.91 Å². The Balaban J connectivity index is 1.17. The molecule has 7 nitrogen and oxygen atoms in total. The molecule has 4 aromatic rings. The molecule has 1 aliphatic rings. The molecule has 2 amide bonds. The van der Waals surface area contributed by atoms with E-state index >= 15 is 0 Å². The van der Waals surface area contributed by atoms with Crippen molar-refractivity contribution in [3.05, 3.63) is 93.1 Å². The summed E-state index contributed by atoms with van der Waals surface area (Å²) in [6.07, 6.45) is -4.14. The summed E-state index contributed by atoms with van der Waals surface area (Å²) in [5, 5.41) is 7.12. The molecule has 1 fully saturated rings. The first-order valence-corrected chi connectivity index (χ1v) is 21.6. The number of amides is 2. The maximum absolute atomic E-state index is 13.4. The molecule has 0 saturated carbocycles. The Labute approximate surface area is 265 Å². The number of thiocarbonyl (C=S) groups is 1. The Bertz CT molecular complexity index is 1690. The molecule has 218 valence electrons. The highest BCUT2D eigenvalue weighted by Crippen LogP contribution is 2.36. The van der Waals surface area contributed by atoms with Crippen molar-refractivity contribution in [2.45, 2.75) is 25.1 Å². The van der Waals surface area contributed by atoms with Crippen molar-refractivity contribution in [1.29, 1.82) is 0 Å². The number of benzene rings is 3. The van der Waals surface area contributed by atoms with Gasteiger partial charge in [-0.2, -0.15) is 13.2 Å². The van der Waals surface area contributed by atoms with E-state index in [0.29, 0.717) is 39.0 Å². The Morgan fingerprint density at radius 2 is 1.81 bits per heavy atom. The van der Waals surface area contributed by atoms with Gasteiger partial charge in [-0.15, -0.1) is 0 Å². The Morgan fingerprint density at radius 1 is 1.07 bits per heavy atom. The molecule has 0 spiro atoms. The van der Waals surface area contributed by atoms with Gasteiger partial charge in [0.1, 0.15) is 11.7 Å². The largest absolute Gasteiger partial charge is 0.433 e. The highest BCUT2D eigenvalue weighted by Gasteiger charge is 2.36. The molecule has 2 heterocycles. The zero-order valence-electron chi connectivity index (χ0n) is 21.4. The van der Waals surface area contributed by atoms with E-state index in [-0.39, 0.29) is 23.8 Å². The summed E-state index contributed by atoms with van der Waals surface area (Å²) in [6.45, 7) is 0. The number of anilines is 3. The standard InChI is InChI=1S/C28H21ClF3I2N5O2S/c29-16-6-11-21-20(14-16)23(15-24(36-21)28(30,31)32)38-34-33-17-7-9-18(10-8-17)35-25(40)13-12-22-26(41)39(27(42)37-22)19-4-2-1-3-5-19/h1-11,14-15,22H,12-13H2,(H,35,40)(H,36,38)(H,37,42). The number of fused-ring (bicyclic) bond motifs is 1. The first-order chi connectivity index (χ1) is 20.1. The third kappa shape index (κ3) is 7.41. The molecule has 1 aromatic heterocycles. The van der Waals surface area contributed by atoms with E-state index in [1.54, 1.807) is 30.3 Å². The molecule has 0 bridgehead atoms. The van der Waals surface area contributed by atoms with Crippen LogP contribution in [0.4, 0.5) is 30.2 Å². The molecule has 0 radical (unpaired) electrons. The fourth-order valence-electron chi connectivity index (χ4n) is 4.15. The van der Waals surface area contributed by atoms with Gasteiger partial charge >= 0.3 is 6.18 Å². The molecule has 3 N–H and O–H groups in total. The van der Waals surface area contributed by atoms with Crippen molar-refractivity contribution >= 4 is 102 Å². The number of hydrogen-bond acceptors (Lipinski definition) is 5. The van der Waals surface area contributed by atoms with E-state index in [4.69, 9.17) is 23.8 Å². The fourth-order valence-corrected chi connectivity index (χ4v) is 11.9. The van der Waals surface area contributed by atoms with E-state index in [0.717, 1.165) is 9.64 Å². The lowest BCUT2D eigenvalue weighted by Crippen LogP contribution is -2.31. The molecule has 1 unspecified atom stereocenters. The van der Waals surface area contributed by atoms with Crippen molar-refractivity contribution in [3.8, 4) is 0 Å². The van der Waals surface area contributed by atoms with Crippen LogP contribution < -0.4 is 19.1 Å². The second-order valence-corrected chi connectivity index (χ2v) is 18.0. The topological polar surface area (TPSA) is 86.4 Å². The van der Waals surface area contributed by atoms with E-state index < -0.39 is 51.4 Å². The minimum Gasteiger partial charge on any atom is -0.350 e. The maximum atomic E-state index is 13.4. The molecule has 0 aliphatic carbocycles. The highest BCUT2D eigenvalue weighted by atomic mass is 128. The van der Waals surface area contributed by atoms with Crippen molar-refractivity contribution in [3.63, 3.8) is 0 Å². The number of halogens is 6. The van der Waals surface area contributed by atoms with Crippen LogP contribution in [0.3, 0.4) is 0 Å². The van der Waals surface area contributed by atoms with E-state index in [1.165, 1.54) is 17.0 Å². The SMILES string of the molecule is O=C(CCC1NC(=S)N(c2ccccc2)C1=O)Nc1ccc(I=INc2cc(C(F)(F)F)nc3ccc(Cl)cc23)cc1. The van der Waals surface area contributed by atoms with Crippen LogP contribution in [0.5, 0.6) is 0 Å². The average molecular weight is 838 g/mol. The lowest BCUT2D eigenvalue weighted by molar-refractivity contribution is -0.140. The lowest BCUT2D eigenvalue weighted by Gasteiger charge is -2.14. The number of carbonyl (C=O) groups excluding carboxylic acids is 2. The number of para-hydroxylation sites is 1. The average Bonchev–Trinajstić information content (AvgIpc) is 3.25. The molecule has 5 rings (SSSR count). The van der Waals surface area contributed by atoms with E-state index in [9.17, 15) is 22.8 Å². The van der Waals surface area contributed by atoms with Crippen LogP contribution >= 0.6 is 57.3 Å². The number of hydrogen-bond donors (Lipinski definition) is 3. The summed E-state index contributed by atoms with van der Waals surface area (Å²) in [6, 6.07) is 21.6. The first kappa shape index (κ1) is 30.7. The Morgan fingerprint density at radius 3 is 2.52 bits per heavy atom. The van der Waals surface area contributed by atoms with Gasteiger partial charge in [-0.05, 0) is 95.9 Å². The highest BCUT2D eigenvalue weighted by molar-refractivity contribution is 14.8. The molecule has 1 saturated heterocycles. The summed E-state index contributed by atoms with van der Waals surface area (Å²) in [4.78, 5) is 30.6. The van der Waals surface area contributed by atoms with Gasteiger partial charge in [-0.3, -0.25) is 14.5 Å². The van der Waals surface area contributed by atoms with Crippen LogP contribution in [0.2, 0.25) is 5.02 Å².